The van der Waals surface area contributed by atoms with Crippen molar-refractivity contribution < 1.29 is 9.53 Å². The van der Waals surface area contributed by atoms with Crippen molar-refractivity contribution in [3.63, 3.8) is 0 Å². The summed E-state index contributed by atoms with van der Waals surface area (Å²) >= 11 is 5.77. The first-order valence-corrected chi connectivity index (χ1v) is 5.60. The Kier molecular flexibility index (Phi) is 3.44. The molecule has 7 heteroatoms. The Bertz CT molecular complexity index is 440. The summed E-state index contributed by atoms with van der Waals surface area (Å²) in [6.45, 7) is 3.22. The first-order chi connectivity index (χ1) is 8.09. The van der Waals surface area contributed by atoms with Crippen LogP contribution >= 0.6 is 11.6 Å². The van der Waals surface area contributed by atoms with Crippen LogP contribution in [-0.4, -0.2) is 41.7 Å². The van der Waals surface area contributed by atoms with Crippen LogP contribution in [0.2, 0.25) is 5.28 Å². The predicted molar refractivity (Wildman–Crippen MR) is 62.9 cm³/mol. The lowest BCUT2D eigenvalue weighted by Gasteiger charge is -2.35. The van der Waals surface area contributed by atoms with Gasteiger partial charge in [0.1, 0.15) is 11.9 Å². The van der Waals surface area contributed by atoms with Crippen LogP contribution in [0.1, 0.15) is 5.56 Å². The van der Waals surface area contributed by atoms with Crippen molar-refractivity contribution in [1.29, 1.82) is 0 Å². The summed E-state index contributed by atoms with van der Waals surface area (Å²) in [6.07, 6.45) is 1.62. The third-order valence-electron chi connectivity index (χ3n) is 2.64. The molecule has 92 valence electrons. The lowest BCUT2D eigenvalue weighted by atomic mass is 10.2. The highest BCUT2D eigenvalue weighted by molar-refractivity contribution is 6.28. The number of amides is 1. The van der Waals surface area contributed by atoms with Crippen LogP contribution in [0, 0.1) is 6.92 Å². The Balaban J connectivity index is 2.35. The Morgan fingerprint density at radius 3 is 3.18 bits per heavy atom. The molecule has 1 aliphatic rings. The molecule has 0 radical (unpaired) electrons. The van der Waals surface area contributed by atoms with E-state index in [-0.39, 0.29) is 11.9 Å². The summed E-state index contributed by atoms with van der Waals surface area (Å²) in [5.74, 6) is 0.205. The molecule has 1 unspecified atom stereocenters. The number of hydrogen-bond acceptors (Lipinski definition) is 5. The maximum atomic E-state index is 11.4. The zero-order valence-electron chi connectivity index (χ0n) is 9.39. The highest BCUT2D eigenvalue weighted by Crippen LogP contribution is 2.22. The molecule has 0 aliphatic carbocycles. The van der Waals surface area contributed by atoms with Gasteiger partial charge in [0, 0.05) is 18.3 Å². The molecule has 1 saturated heterocycles. The molecule has 2 N–H and O–H groups in total. The van der Waals surface area contributed by atoms with Crippen LogP contribution in [0.4, 0.5) is 5.82 Å². The molecule has 6 nitrogen and oxygen atoms in total. The van der Waals surface area contributed by atoms with Gasteiger partial charge < -0.3 is 15.4 Å². The normalized spacial score (nSPS) is 20.4. The second kappa shape index (κ2) is 4.85. The average Bonchev–Trinajstić information content (AvgIpc) is 2.32. The number of morpholine rings is 1. The molecule has 0 bridgehead atoms. The lowest BCUT2D eigenvalue weighted by Crippen LogP contribution is -2.53. The first-order valence-electron chi connectivity index (χ1n) is 5.22. The summed E-state index contributed by atoms with van der Waals surface area (Å²) in [5.41, 5.74) is 6.20. The summed E-state index contributed by atoms with van der Waals surface area (Å²) in [6, 6.07) is -0.506. The molecule has 0 saturated carbocycles. The third-order valence-corrected chi connectivity index (χ3v) is 2.83. The Morgan fingerprint density at radius 1 is 1.71 bits per heavy atom. The van der Waals surface area contributed by atoms with Gasteiger partial charge in [-0.05, 0) is 18.5 Å². The van der Waals surface area contributed by atoms with Crippen molar-refractivity contribution in [2.45, 2.75) is 13.0 Å². The van der Waals surface area contributed by atoms with E-state index >= 15 is 0 Å². The fraction of sp³-hybridized carbons (Fsp3) is 0.500. The highest BCUT2D eigenvalue weighted by atomic mass is 35.5. The molecule has 17 heavy (non-hydrogen) atoms. The molecule has 1 fully saturated rings. The zero-order chi connectivity index (χ0) is 12.4. The maximum Gasteiger partial charge on any atom is 0.242 e. The minimum absolute atomic E-state index is 0.153. The van der Waals surface area contributed by atoms with Crippen LogP contribution in [0.3, 0.4) is 0 Å². The molecule has 0 spiro atoms. The number of primary amides is 1. The monoisotopic (exact) mass is 256 g/mol. The van der Waals surface area contributed by atoms with Crippen molar-refractivity contribution in [2.24, 2.45) is 5.73 Å². The minimum Gasteiger partial charge on any atom is -0.377 e. The van der Waals surface area contributed by atoms with Gasteiger partial charge in [0.25, 0.3) is 0 Å². The number of carbonyl (C=O) groups is 1. The van der Waals surface area contributed by atoms with E-state index in [2.05, 4.69) is 9.97 Å². The van der Waals surface area contributed by atoms with E-state index in [0.29, 0.717) is 19.0 Å². The fourth-order valence-electron chi connectivity index (χ4n) is 1.80. The van der Waals surface area contributed by atoms with Crippen molar-refractivity contribution in [1.82, 2.24) is 9.97 Å². The number of nitrogens with two attached hydrogens (primary N) is 1. The largest absolute Gasteiger partial charge is 0.377 e. The topological polar surface area (TPSA) is 81.3 Å². The van der Waals surface area contributed by atoms with Gasteiger partial charge >= 0.3 is 0 Å². The van der Waals surface area contributed by atoms with Crippen molar-refractivity contribution >= 4 is 23.3 Å². The number of nitrogens with zero attached hydrogens (tertiary/aromatic N) is 3. The SMILES string of the molecule is Cc1cnc(Cl)nc1N1CCOCC1C(N)=O. The Hall–Kier alpha value is -1.40. The van der Waals surface area contributed by atoms with E-state index < -0.39 is 11.9 Å². The number of rotatable bonds is 2. The van der Waals surface area contributed by atoms with E-state index in [1.165, 1.54) is 0 Å². The number of carbonyl (C=O) groups excluding carboxylic acids is 1. The number of hydrogen-bond donors (Lipinski definition) is 1. The maximum absolute atomic E-state index is 11.4. The molecule has 1 amide bonds. The van der Waals surface area contributed by atoms with Crippen molar-refractivity contribution in [3.05, 3.63) is 17.0 Å². The van der Waals surface area contributed by atoms with Crippen LogP contribution in [0.15, 0.2) is 6.20 Å². The lowest BCUT2D eigenvalue weighted by molar-refractivity contribution is -0.121. The number of anilines is 1. The van der Waals surface area contributed by atoms with E-state index in [9.17, 15) is 4.79 Å². The van der Waals surface area contributed by atoms with Gasteiger partial charge in [0.05, 0.1) is 13.2 Å². The Morgan fingerprint density at radius 2 is 2.47 bits per heavy atom. The predicted octanol–water partition coefficient (Wildman–Crippen LogP) is 0.129. The van der Waals surface area contributed by atoms with E-state index in [1.807, 2.05) is 11.8 Å². The number of aryl methyl sites for hydroxylation is 1. The molecule has 2 rings (SSSR count). The molecule has 0 aromatic carbocycles. The van der Waals surface area contributed by atoms with Crippen LogP contribution in [0.5, 0.6) is 0 Å². The van der Waals surface area contributed by atoms with E-state index in [4.69, 9.17) is 22.1 Å². The van der Waals surface area contributed by atoms with Crippen molar-refractivity contribution in [3.8, 4) is 0 Å². The van der Waals surface area contributed by atoms with Gasteiger partial charge in [-0.2, -0.15) is 0 Å². The van der Waals surface area contributed by atoms with E-state index in [0.717, 1.165) is 5.56 Å². The molecule has 1 aromatic heterocycles. The molecule has 1 aliphatic heterocycles. The molecule has 1 aromatic rings. The molecular weight excluding hydrogens is 244 g/mol. The summed E-state index contributed by atoms with van der Waals surface area (Å²) in [5, 5.41) is 0.153. The van der Waals surface area contributed by atoms with Crippen LogP contribution < -0.4 is 10.6 Å². The van der Waals surface area contributed by atoms with E-state index in [1.54, 1.807) is 6.20 Å². The van der Waals surface area contributed by atoms with Gasteiger partial charge in [-0.25, -0.2) is 9.97 Å². The quantitative estimate of drug-likeness (QED) is 0.761. The first kappa shape index (κ1) is 12.1. The van der Waals surface area contributed by atoms with Crippen LogP contribution in [0.25, 0.3) is 0 Å². The van der Waals surface area contributed by atoms with Gasteiger partial charge in [-0.1, -0.05) is 0 Å². The summed E-state index contributed by atoms with van der Waals surface area (Å²) in [7, 11) is 0. The molecular formula is C10H13ClN4O2. The second-order valence-electron chi connectivity index (χ2n) is 3.83. The van der Waals surface area contributed by atoms with Gasteiger partial charge in [0.15, 0.2) is 0 Å². The fourth-order valence-corrected chi connectivity index (χ4v) is 1.92. The number of aromatic nitrogens is 2. The minimum atomic E-state index is -0.506. The summed E-state index contributed by atoms with van der Waals surface area (Å²) < 4.78 is 5.25. The molecule has 2 heterocycles. The van der Waals surface area contributed by atoms with Gasteiger partial charge in [-0.15, -0.1) is 0 Å². The zero-order valence-corrected chi connectivity index (χ0v) is 10.1. The van der Waals surface area contributed by atoms with Gasteiger partial charge in [0.2, 0.25) is 11.2 Å². The summed E-state index contributed by atoms with van der Waals surface area (Å²) in [4.78, 5) is 21.2. The standard InChI is InChI=1S/C10H13ClN4O2/c1-6-4-13-10(11)14-9(6)15-2-3-17-5-7(15)8(12)16/h4,7H,2-3,5H2,1H3,(H2,12,16). The third kappa shape index (κ3) is 2.48. The second-order valence-corrected chi connectivity index (χ2v) is 4.17. The number of halogens is 1. The highest BCUT2D eigenvalue weighted by Gasteiger charge is 2.29. The van der Waals surface area contributed by atoms with Crippen LogP contribution in [-0.2, 0) is 9.53 Å². The van der Waals surface area contributed by atoms with Crippen molar-refractivity contribution in [2.75, 3.05) is 24.7 Å². The van der Waals surface area contributed by atoms with Gasteiger partial charge in [-0.3, -0.25) is 4.79 Å². The Labute approximate surface area is 104 Å². The molecule has 1 atom stereocenters. The average molecular weight is 257 g/mol. The number of ether oxygens (including phenoxy) is 1. The smallest absolute Gasteiger partial charge is 0.242 e.